The molecule has 0 saturated heterocycles. The van der Waals surface area contributed by atoms with Crippen molar-refractivity contribution in [3.8, 4) is 22.5 Å². The Morgan fingerprint density at radius 1 is 0.972 bits per heavy atom. The van der Waals surface area contributed by atoms with Crippen LogP contribution >= 0.6 is 11.8 Å². The Balaban J connectivity index is 1.53. The van der Waals surface area contributed by atoms with Crippen LogP contribution in [0.15, 0.2) is 90.1 Å². The van der Waals surface area contributed by atoms with Gasteiger partial charge in [0, 0.05) is 47.7 Å². The fraction of sp³-hybridized carbons (Fsp3) is 0.214. The largest absolute Gasteiger partial charge is 0.351 e. The van der Waals surface area contributed by atoms with E-state index in [1.807, 2.05) is 36.4 Å². The van der Waals surface area contributed by atoms with Gasteiger partial charge in [-0.3, -0.25) is 14.9 Å². The van der Waals surface area contributed by atoms with Gasteiger partial charge in [0.25, 0.3) is 11.6 Å². The Labute approximate surface area is 214 Å². The smallest absolute Gasteiger partial charge is 0.269 e. The van der Waals surface area contributed by atoms with Crippen molar-refractivity contribution >= 4 is 23.4 Å². The first-order chi connectivity index (χ1) is 17.6. The zero-order chi connectivity index (χ0) is 25.3. The maximum Gasteiger partial charge on any atom is 0.269 e. The number of unbranched alkanes of at least 4 members (excludes halogenated alkanes) is 1. The summed E-state index contributed by atoms with van der Waals surface area (Å²) in [6.07, 6.45) is 2.11. The molecule has 0 aliphatic rings. The van der Waals surface area contributed by atoms with Crippen LogP contribution in [0.3, 0.4) is 0 Å². The van der Waals surface area contributed by atoms with Crippen molar-refractivity contribution in [1.29, 1.82) is 0 Å². The number of thioether (sulfide) groups is 1. The zero-order valence-electron chi connectivity index (χ0n) is 20.1. The molecule has 4 aromatic rings. The Morgan fingerprint density at radius 2 is 1.61 bits per heavy atom. The molecule has 1 aromatic heterocycles. The molecule has 1 amide bonds. The first-order valence-electron chi connectivity index (χ1n) is 11.9. The molecule has 184 valence electrons. The monoisotopic (exact) mass is 500 g/mol. The van der Waals surface area contributed by atoms with E-state index in [1.54, 1.807) is 11.8 Å². The van der Waals surface area contributed by atoms with Gasteiger partial charge in [-0.1, -0.05) is 85.8 Å². The number of hydrogen-bond acceptors (Lipinski definition) is 5. The van der Waals surface area contributed by atoms with Crippen molar-refractivity contribution in [1.82, 2.24) is 14.9 Å². The Bertz CT molecular complexity index is 1310. The molecule has 0 spiro atoms. The van der Waals surface area contributed by atoms with Crippen LogP contribution in [0.4, 0.5) is 5.69 Å². The minimum atomic E-state index is -0.480. The number of carbonyl (C=O) groups excluding carboxylic acids is 1. The standard InChI is InChI=1S/C28H28N4O3S/c1-2-3-19-31-26(22-12-8-5-9-13-22)25(21-10-6-4-7-11-21)30-28(31)36-20-18-29-27(33)23-14-16-24(17-15-23)32(34)35/h4-17H,2-3,18-20H2,1H3,(H,29,33). The molecule has 0 unspecified atom stereocenters. The van der Waals surface area contributed by atoms with E-state index in [4.69, 9.17) is 4.98 Å². The SMILES string of the molecule is CCCCn1c(SCCNC(=O)c2ccc([N+](=O)[O-])cc2)nc(-c2ccccc2)c1-c1ccccc1. The van der Waals surface area contributed by atoms with Crippen molar-refractivity contribution in [2.24, 2.45) is 0 Å². The molecule has 0 aliphatic carbocycles. The summed E-state index contributed by atoms with van der Waals surface area (Å²) in [5.74, 6) is 0.388. The summed E-state index contributed by atoms with van der Waals surface area (Å²) in [4.78, 5) is 27.9. The van der Waals surface area contributed by atoms with Crippen LogP contribution in [0.25, 0.3) is 22.5 Å². The van der Waals surface area contributed by atoms with Gasteiger partial charge in [0.15, 0.2) is 5.16 Å². The number of nitrogens with zero attached hydrogens (tertiary/aromatic N) is 3. The highest BCUT2D eigenvalue weighted by Gasteiger charge is 2.20. The third kappa shape index (κ3) is 6.01. The molecule has 0 bridgehead atoms. The predicted octanol–water partition coefficient (Wildman–Crippen LogP) is 6.45. The lowest BCUT2D eigenvalue weighted by molar-refractivity contribution is -0.384. The Hall–Kier alpha value is -3.91. The van der Waals surface area contributed by atoms with Crippen molar-refractivity contribution in [2.45, 2.75) is 31.5 Å². The second kappa shape index (κ2) is 12.2. The minimum absolute atomic E-state index is 0.0375. The lowest BCUT2D eigenvalue weighted by Crippen LogP contribution is -2.25. The first kappa shape index (κ1) is 25.2. The number of nitro groups is 1. The van der Waals surface area contributed by atoms with E-state index in [9.17, 15) is 14.9 Å². The number of nitro benzene ring substituents is 1. The van der Waals surface area contributed by atoms with Crippen molar-refractivity contribution in [2.75, 3.05) is 12.3 Å². The van der Waals surface area contributed by atoms with E-state index in [2.05, 4.69) is 41.1 Å². The van der Waals surface area contributed by atoms with Gasteiger partial charge in [0.2, 0.25) is 0 Å². The number of non-ortho nitro benzene ring substituents is 1. The molecule has 0 fully saturated rings. The van der Waals surface area contributed by atoms with Gasteiger partial charge in [0.1, 0.15) is 0 Å². The van der Waals surface area contributed by atoms with Gasteiger partial charge in [-0.05, 0) is 18.6 Å². The van der Waals surface area contributed by atoms with Gasteiger partial charge >= 0.3 is 0 Å². The maximum absolute atomic E-state index is 12.5. The average molecular weight is 501 g/mol. The van der Waals surface area contributed by atoms with E-state index in [0.717, 1.165) is 47.1 Å². The van der Waals surface area contributed by atoms with Crippen molar-refractivity contribution in [3.05, 3.63) is 101 Å². The van der Waals surface area contributed by atoms with E-state index in [0.29, 0.717) is 17.9 Å². The molecule has 0 radical (unpaired) electrons. The summed E-state index contributed by atoms with van der Waals surface area (Å²) in [7, 11) is 0. The normalized spacial score (nSPS) is 10.8. The van der Waals surface area contributed by atoms with E-state index in [-0.39, 0.29) is 11.6 Å². The lowest BCUT2D eigenvalue weighted by Gasteiger charge is -2.13. The molecule has 0 saturated carbocycles. The van der Waals surface area contributed by atoms with Gasteiger partial charge in [-0.2, -0.15) is 0 Å². The summed E-state index contributed by atoms with van der Waals surface area (Å²) in [6.45, 7) is 3.48. The predicted molar refractivity (Wildman–Crippen MR) is 144 cm³/mol. The summed E-state index contributed by atoms with van der Waals surface area (Å²) < 4.78 is 2.30. The second-order valence-electron chi connectivity index (χ2n) is 8.24. The molecule has 4 rings (SSSR count). The summed E-state index contributed by atoms with van der Waals surface area (Å²) in [5, 5.41) is 14.6. The highest BCUT2D eigenvalue weighted by atomic mass is 32.2. The zero-order valence-corrected chi connectivity index (χ0v) is 20.9. The van der Waals surface area contributed by atoms with Crippen LogP contribution in [-0.2, 0) is 6.54 Å². The average Bonchev–Trinajstić information content (AvgIpc) is 3.29. The molecule has 0 aliphatic heterocycles. The number of rotatable bonds is 11. The second-order valence-corrected chi connectivity index (χ2v) is 9.30. The van der Waals surface area contributed by atoms with Crippen LogP contribution in [0.2, 0.25) is 0 Å². The highest BCUT2D eigenvalue weighted by molar-refractivity contribution is 7.99. The van der Waals surface area contributed by atoms with Gasteiger partial charge in [0.05, 0.1) is 16.3 Å². The van der Waals surface area contributed by atoms with Crippen LogP contribution in [0.5, 0.6) is 0 Å². The van der Waals surface area contributed by atoms with Crippen LogP contribution in [-0.4, -0.2) is 32.7 Å². The number of amides is 1. The van der Waals surface area contributed by atoms with Gasteiger partial charge in [-0.25, -0.2) is 4.98 Å². The van der Waals surface area contributed by atoms with Crippen molar-refractivity contribution in [3.63, 3.8) is 0 Å². The first-order valence-corrected chi connectivity index (χ1v) is 12.9. The number of imidazole rings is 1. The molecule has 7 nitrogen and oxygen atoms in total. The van der Waals surface area contributed by atoms with E-state index < -0.39 is 4.92 Å². The van der Waals surface area contributed by atoms with Gasteiger partial charge in [-0.15, -0.1) is 0 Å². The van der Waals surface area contributed by atoms with Crippen molar-refractivity contribution < 1.29 is 9.72 Å². The van der Waals surface area contributed by atoms with Crippen LogP contribution in [0, 0.1) is 10.1 Å². The number of benzene rings is 3. The Kier molecular flexibility index (Phi) is 8.52. The molecular formula is C28H28N4O3S. The molecule has 3 aromatic carbocycles. The highest BCUT2D eigenvalue weighted by Crippen LogP contribution is 2.36. The lowest BCUT2D eigenvalue weighted by atomic mass is 10.0. The third-order valence-corrected chi connectivity index (χ3v) is 6.70. The number of aromatic nitrogens is 2. The quantitative estimate of drug-likeness (QED) is 0.111. The number of nitrogens with one attached hydrogen (secondary N) is 1. The summed E-state index contributed by atoms with van der Waals surface area (Å²) >= 11 is 1.61. The topological polar surface area (TPSA) is 90.1 Å². The van der Waals surface area contributed by atoms with Crippen LogP contribution < -0.4 is 5.32 Å². The fourth-order valence-electron chi connectivity index (χ4n) is 3.90. The van der Waals surface area contributed by atoms with E-state index in [1.165, 1.54) is 24.3 Å². The molecule has 0 atom stereocenters. The molecule has 36 heavy (non-hydrogen) atoms. The van der Waals surface area contributed by atoms with Crippen LogP contribution in [0.1, 0.15) is 30.1 Å². The molecular weight excluding hydrogens is 472 g/mol. The fourth-order valence-corrected chi connectivity index (χ4v) is 4.78. The minimum Gasteiger partial charge on any atom is -0.351 e. The molecule has 1 N–H and O–H groups in total. The number of carbonyl (C=O) groups is 1. The maximum atomic E-state index is 12.5. The van der Waals surface area contributed by atoms with E-state index >= 15 is 0 Å². The summed E-state index contributed by atoms with van der Waals surface area (Å²) in [5.41, 5.74) is 4.61. The summed E-state index contributed by atoms with van der Waals surface area (Å²) in [6, 6.07) is 26.2. The number of hydrogen-bond donors (Lipinski definition) is 1. The Morgan fingerprint density at radius 3 is 2.22 bits per heavy atom. The van der Waals surface area contributed by atoms with Gasteiger partial charge < -0.3 is 9.88 Å². The molecule has 1 heterocycles. The third-order valence-electron chi connectivity index (χ3n) is 5.72. The molecule has 8 heteroatoms.